The van der Waals surface area contributed by atoms with Gasteiger partial charge in [-0.2, -0.15) is 5.10 Å². The van der Waals surface area contributed by atoms with Gasteiger partial charge in [0.2, 0.25) is 0 Å². The third-order valence-corrected chi connectivity index (χ3v) is 6.66. The van der Waals surface area contributed by atoms with Crippen molar-refractivity contribution in [3.05, 3.63) is 64.9 Å². The van der Waals surface area contributed by atoms with Gasteiger partial charge in [-0.05, 0) is 65.2 Å². The van der Waals surface area contributed by atoms with Crippen LogP contribution >= 0.6 is 11.6 Å². The summed E-state index contributed by atoms with van der Waals surface area (Å²) >= 11 is 6.34. The average Bonchev–Trinajstić information content (AvgIpc) is 3.44. The number of halogens is 1. The second kappa shape index (κ2) is 8.98. The van der Waals surface area contributed by atoms with Crippen LogP contribution < -0.4 is 5.32 Å². The van der Waals surface area contributed by atoms with Gasteiger partial charge < -0.3 is 9.47 Å². The average molecular weight is 490 g/mol. The molecule has 0 aliphatic carbocycles. The summed E-state index contributed by atoms with van der Waals surface area (Å²) in [6, 6.07) is 13.6. The van der Waals surface area contributed by atoms with E-state index in [1.165, 1.54) is 0 Å². The van der Waals surface area contributed by atoms with Gasteiger partial charge in [0.15, 0.2) is 0 Å². The number of carbonyl (C=O) groups excluding carboxylic acids is 2. The molecule has 0 saturated carbocycles. The van der Waals surface area contributed by atoms with E-state index in [1.54, 1.807) is 0 Å². The highest BCUT2D eigenvalue weighted by molar-refractivity contribution is 6.50. The van der Waals surface area contributed by atoms with Crippen molar-refractivity contribution in [3.63, 3.8) is 0 Å². The Balaban J connectivity index is 1.75. The Morgan fingerprint density at radius 2 is 1.74 bits per heavy atom. The van der Waals surface area contributed by atoms with Crippen LogP contribution in [0.4, 0.5) is 0 Å². The first-order chi connectivity index (χ1) is 16.8. The molecule has 2 aromatic carbocycles. The lowest BCUT2D eigenvalue weighted by atomic mass is 9.97. The van der Waals surface area contributed by atoms with Crippen LogP contribution in [-0.4, -0.2) is 51.7 Å². The SMILES string of the molecule is CC(C)n1cc(C2=C(c3nn(CCCN(C)C)c4ccccc34)C(=O)NC2=O)c2cc(Cl)ccc21. The van der Waals surface area contributed by atoms with Crippen LogP contribution in [-0.2, 0) is 16.1 Å². The van der Waals surface area contributed by atoms with Crippen LogP contribution in [0.15, 0.2) is 48.7 Å². The number of hydrogen-bond acceptors (Lipinski definition) is 4. The zero-order valence-corrected chi connectivity index (χ0v) is 21.1. The first-order valence-corrected chi connectivity index (χ1v) is 12.1. The van der Waals surface area contributed by atoms with Crippen molar-refractivity contribution in [1.29, 1.82) is 0 Å². The minimum absolute atomic E-state index is 0.161. The molecule has 2 amide bonds. The lowest BCUT2D eigenvalue weighted by molar-refractivity contribution is -0.122. The second-order valence-electron chi connectivity index (χ2n) is 9.48. The highest BCUT2D eigenvalue weighted by Crippen LogP contribution is 2.39. The number of fused-ring (bicyclic) bond motifs is 2. The van der Waals surface area contributed by atoms with Crippen molar-refractivity contribution in [3.8, 4) is 0 Å². The zero-order valence-electron chi connectivity index (χ0n) is 20.3. The van der Waals surface area contributed by atoms with Crippen molar-refractivity contribution in [2.24, 2.45) is 0 Å². The van der Waals surface area contributed by atoms with E-state index in [1.807, 2.05) is 67.4 Å². The van der Waals surface area contributed by atoms with Crippen LogP contribution in [0, 0.1) is 0 Å². The third kappa shape index (κ3) is 4.05. The summed E-state index contributed by atoms with van der Waals surface area (Å²) in [5, 5.41) is 9.63. The molecule has 0 radical (unpaired) electrons. The number of nitrogens with zero attached hydrogens (tertiary/aromatic N) is 4. The highest BCUT2D eigenvalue weighted by atomic mass is 35.5. The molecule has 35 heavy (non-hydrogen) atoms. The van der Waals surface area contributed by atoms with Crippen molar-refractivity contribution >= 4 is 56.4 Å². The Morgan fingerprint density at radius 1 is 1.00 bits per heavy atom. The molecule has 1 aliphatic heterocycles. The van der Waals surface area contributed by atoms with Gasteiger partial charge in [-0.3, -0.25) is 19.6 Å². The Hall–Kier alpha value is -3.42. The van der Waals surface area contributed by atoms with Gasteiger partial charge in [-0.25, -0.2) is 0 Å². The number of benzene rings is 2. The summed E-state index contributed by atoms with van der Waals surface area (Å²) < 4.78 is 4.03. The van der Waals surface area contributed by atoms with Crippen molar-refractivity contribution in [2.75, 3.05) is 20.6 Å². The Labute approximate surface area is 208 Å². The molecule has 0 fully saturated rings. The van der Waals surface area contributed by atoms with Gasteiger partial charge in [0.1, 0.15) is 5.69 Å². The van der Waals surface area contributed by atoms with Crippen molar-refractivity contribution in [1.82, 2.24) is 24.6 Å². The summed E-state index contributed by atoms with van der Waals surface area (Å²) in [7, 11) is 4.08. The van der Waals surface area contributed by atoms with Crippen molar-refractivity contribution in [2.45, 2.75) is 32.9 Å². The van der Waals surface area contributed by atoms with Crippen LogP contribution in [0.2, 0.25) is 5.02 Å². The van der Waals surface area contributed by atoms with Gasteiger partial charge in [-0.15, -0.1) is 0 Å². The fourth-order valence-corrected chi connectivity index (χ4v) is 4.98. The number of hydrogen-bond donors (Lipinski definition) is 1. The number of carbonyl (C=O) groups is 2. The molecule has 180 valence electrons. The van der Waals surface area contributed by atoms with E-state index in [-0.39, 0.29) is 6.04 Å². The van der Waals surface area contributed by atoms with E-state index in [0.29, 0.717) is 34.0 Å². The first-order valence-electron chi connectivity index (χ1n) is 11.8. The lowest BCUT2D eigenvalue weighted by Gasteiger charge is -2.09. The maximum Gasteiger partial charge on any atom is 0.261 e. The van der Waals surface area contributed by atoms with Gasteiger partial charge >= 0.3 is 0 Å². The Bertz CT molecular complexity index is 1510. The highest BCUT2D eigenvalue weighted by Gasteiger charge is 2.36. The number of aryl methyl sites for hydroxylation is 1. The predicted molar refractivity (Wildman–Crippen MR) is 140 cm³/mol. The summed E-state index contributed by atoms with van der Waals surface area (Å²) in [6.45, 7) is 5.79. The number of nitrogens with one attached hydrogen (secondary N) is 1. The van der Waals surface area contributed by atoms with E-state index in [4.69, 9.17) is 16.7 Å². The molecule has 2 aromatic heterocycles. The van der Waals surface area contributed by atoms with Crippen LogP contribution in [0.5, 0.6) is 0 Å². The Kier molecular flexibility index (Phi) is 5.99. The molecule has 1 aliphatic rings. The van der Waals surface area contributed by atoms with E-state index in [9.17, 15) is 9.59 Å². The third-order valence-electron chi connectivity index (χ3n) is 6.42. The van der Waals surface area contributed by atoms with E-state index in [0.717, 1.165) is 34.8 Å². The predicted octanol–water partition coefficient (Wildman–Crippen LogP) is 4.74. The topological polar surface area (TPSA) is 72.2 Å². The summed E-state index contributed by atoms with van der Waals surface area (Å²) in [5.74, 6) is -0.847. The van der Waals surface area contributed by atoms with Crippen LogP contribution in [0.25, 0.3) is 33.0 Å². The molecule has 0 atom stereocenters. The summed E-state index contributed by atoms with van der Waals surface area (Å²) in [5.41, 5.74) is 3.74. The largest absolute Gasteiger partial charge is 0.344 e. The molecule has 0 saturated heterocycles. The van der Waals surface area contributed by atoms with Crippen molar-refractivity contribution < 1.29 is 9.59 Å². The molecule has 0 unspecified atom stereocenters. The van der Waals surface area contributed by atoms with E-state index >= 15 is 0 Å². The second-order valence-corrected chi connectivity index (χ2v) is 9.92. The molecule has 1 N–H and O–H groups in total. The molecule has 8 heteroatoms. The maximum absolute atomic E-state index is 13.2. The molecule has 4 aromatic rings. The van der Waals surface area contributed by atoms with Crippen LogP contribution in [0.3, 0.4) is 0 Å². The van der Waals surface area contributed by atoms with Crippen LogP contribution in [0.1, 0.15) is 37.6 Å². The smallest absolute Gasteiger partial charge is 0.261 e. The fourth-order valence-electron chi connectivity index (χ4n) is 4.81. The number of para-hydroxylation sites is 1. The molecular formula is C27H28ClN5O2. The van der Waals surface area contributed by atoms with Gasteiger partial charge in [0.05, 0.1) is 16.7 Å². The number of aromatic nitrogens is 3. The lowest BCUT2D eigenvalue weighted by Crippen LogP contribution is -2.22. The van der Waals surface area contributed by atoms with E-state index in [2.05, 4.69) is 28.6 Å². The molecule has 7 nitrogen and oxygen atoms in total. The van der Waals surface area contributed by atoms with E-state index < -0.39 is 11.8 Å². The number of imide groups is 1. The van der Waals surface area contributed by atoms with Gasteiger partial charge in [0, 0.05) is 45.7 Å². The molecule has 0 spiro atoms. The number of amides is 2. The Morgan fingerprint density at radius 3 is 2.49 bits per heavy atom. The van der Waals surface area contributed by atoms with Gasteiger partial charge in [0.25, 0.3) is 11.8 Å². The normalized spacial score (nSPS) is 14.4. The first kappa shape index (κ1) is 23.3. The monoisotopic (exact) mass is 489 g/mol. The molecule has 3 heterocycles. The zero-order chi connectivity index (χ0) is 24.9. The minimum atomic E-state index is -0.429. The standard InChI is InChI=1S/C27H28ClN5O2/c1-16(2)32-15-20(19-14-17(28)10-11-21(19)32)23-24(27(35)29-26(23)34)25-18-8-5-6-9-22(18)33(30-25)13-7-12-31(3)4/h5-6,8-11,14-16H,7,12-13H2,1-4H3,(H,29,34,35). The molecule has 0 bridgehead atoms. The number of rotatable bonds is 7. The summed E-state index contributed by atoms with van der Waals surface area (Å²) in [6.07, 6.45) is 2.85. The summed E-state index contributed by atoms with van der Waals surface area (Å²) in [4.78, 5) is 28.5. The van der Waals surface area contributed by atoms with Gasteiger partial charge in [-0.1, -0.05) is 29.8 Å². The minimum Gasteiger partial charge on any atom is -0.344 e. The maximum atomic E-state index is 13.2. The quantitative estimate of drug-likeness (QED) is 0.380. The molecular weight excluding hydrogens is 462 g/mol. The molecule has 5 rings (SSSR count). The fraction of sp³-hybridized carbons (Fsp3) is 0.296.